The van der Waals surface area contributed by atoms with E-state index in [1.54, 1.807) is 0 Å². The highest BCUT2D eigenvalue weighted by Crippen LogP contribution is 2.27. The average Bonchev–Trinajstić information content (AvgIpc) is 2.45. The van der Waals surface area contributed by atoms with E-state index >= 15 is 0 Å². The molecule has 1 saturated carbocycles. The predicted octanol–water partition coefficient (Wildman–Crippen LogP) is 3.74. The van der Waals surface area contributed by atoms with E-state index in [4.69, 9.17) is 0 Å². The lowest BCUT2D eigenvalue weighted by Gasteiger charge is -2.21. The molecule has 1 atom stereocenters. The van der Waals surface area contributed by atoms with E-state index in [0.717, 1.165) is 12.0 Å². The molecule has 0 aliphatic heterocycles. The summed E-state index contributed by atoms with van der Waals surface area (Å²) in [7, 11) is 2.12. The molecule has 1 aliphatic carbocycles. The van der Waals surface area contributed by atoms with E-state index in [1.807, 2.05) is 0 Å². The lowest BCUT2D eigenvalue weighted by atomic mass is 9.91. The van der Waals surface area contributed by atoms with Crippen molar-refractivity contribution in [2.45, 2.75) is 70.8 Å². The first-order valence-corrected chi connectivity index (χ1v) is 6.54. The first kappa shape index (κ1) is 12.0. The molecule has 0 aromatic carbocycles. The van der Waals surface area contributed by atoms with Gasteiger partial charge in [0.2, 0.25) is 0 Å². The van der Waals surface area contributed by atoms with Crippen LogP contribution < -0.4 is 5.32 Å². The Labute approximate surface area is 89.7 Å². The van der Waals surface area contributed by atoms with E-state index in [2.05, 4.69) is 19.3 Å². The molecule has 0 spiro atoms. The van der Waals surface area contributed by atoms with Gasteiger partial charge in [-0.05, 0) is 25.8 Å². The summed E-state index contributed by atoms with van der Waals surface area (Å²) in [5.74, 6) is 1.02. The Morgan fingerprint density at radius 3 is 2.29 bits per heavy atom. The molecule has 0 bridgehead atoms. The van der Waals surface area contributed by atoms with Crippen LogP contribution in [0.3, 0.4) is 0 Å². The first-order chi connectivity index (χ1) is 6.86. The molecule has 1 rings (SSSR count). The Balaban J connectivity index is 2.24. The summed E-state index contributed by atoms with van der Waals surface area (Å²) in [6, 6.07) is 0.781. The van der Waals surface area contributed by atoms with Gasteiger partial charge in [0.25, 0.3) is 0 Å². The third-order valence-corrected chi connectivity index (χ3v) is 3.64. The molecule has 1 fully saturated rings. The Bertz CT molecular complexity index is 125. The van der Waals surface area contributed by atoms with Gasteiger partial charge in [0, 0.05) is 6.04 Å². The maximum Gasteiger partial charge on any atom is 0.00666 e. The van der Waals surface area contributed by atoms with E-state index in [9.17, 15) is 0 Å². The van der Waals surface area contributed by atoms with Gasteiger partial charge in [0.1, 0.15) is 0 Å². The third kappa shape index (κ3) is 4.45. The summed E-state index contributed by atoms with van der Waals surface area (Å²) in [6.45, 7) is 2.29. The molecule has 14 heavy (non-hydrogen) atoms. The molecule has 1 heteroatoms. The second-order valence-electron chi connectivity index (χ2n) is 4.87. The van der Waals surface area contributed by atoms with Crippen molar-refractivity contribution in [2.24, 2.45) is 5.92 Å². The van der Waals surface area contributed by atoms with E-state index in [0.29, 0.717) is 0 Å². The van der Waals surface area contributed by atoms with Crippen LogP contribution in [-0.2, 0) is 0 Å². The molecule has 0 radical (unpaired) electrons. The van der Waals surface area contributed by atoms with E-state index in [1.165, 1.54) is 57.8 Å². The Kier molecular flexibility index (Phi) is 6.25. The number of nitrogens with one attached hydrogen (secondary N) is 1. The van der Waals surface area contributed by atoms with Crippen LogP contribution in [0.1, 0.15) is 64.7 Å². The minimum atomic E-state index is 0.781. The molecule has 1 N–H and O–H groups in total. The van der Waals surface area contributed by atoms with Crippen LogP contribution in [-0.4, -0.2) is 13.1 Å². The molecule has 1 nitrogen and oxygen atoms in total. The van der Waals surface area contributed by atoms with Crippen molar-refractivity contribution in [1.29, 1.82) is 0 Å². The quantitative estimate of drug-likeness (QED) is 0.662. The zero-order chi connectivity index (χ0) is 10.2. The molecule has 1 aliphatic rings. The highest BCUT2D eigenvalue weighted by molar-refractivity contribution is 4.72. The fourth-order valence-corrected chi connectivity index (χ4v) is 2.73. The maximum absolute atomic E-state index is 3.47. The Morgan fingerprint density at radius 2 is 1.79 bits per heavy atom. The standard InChI is InChI=1S/C13H27N/c1-3-8-13(14-2)11-12-9-6-4-5-7-10-12/h12-14H,3-11H2,1-2H3. The van der Waals surface area contributed by atoms with Crippen molar-refractivity contribution in [2.75, 3.05) is 7.05 Å². The molecule has 1 unspecified atom stereocenters. The van der Waals surface area contributed by atoms with Gasteiger partial charge < -0.3 is 5.32 Å². The summed E-state index contributed by atoms with van der Waals surface area (Å²) in [5.41, 5.74) is 0. The maximum atomic E-state index is 3.47. The third-order valence-electron chi connectivity index (χ3n) is 3.64. The van der Waals surface area contributed by atoms with Crippen molar-refractivity contribution in [3.05, 3.63) is 0 Å². The minimum absolute atomic E-state index is 0.781. The predicted molar refractivity (Wildman–Crippen MR) is 63.6 cm³/mol. The van der Waals surface area contributed by atoms with Crippen LogP contribution in [0.4, 0.5) is 0 Å². The van der Waals surface area contributed by atoms with Crippen LogP contribution in [0.25, 0.3) is 0 Å². The molecule has 0 aromatic heterocycles. The molecule has 84 valence electrons. The fraction of sp³-hybridized carbons (Fsp3) is 1.00. The minimum Gasteiger partial charge on any atom is -0.317 e. The second kappa shape index (κ2) is 7.28. The van der Waals surface area contributed by atoms with Gasteiger partial charge in [-0.25, -0.2) is 0 Å². The smallest absolute Gasteiger partial charge is 0.00666 e. The van der Waals surface area contributed by atoms with Crippen molar-refractivity contribution in [3.63, 3.8) is 0 Å². The van der Waals surface area contributed by atoms with Crippen molar-refractivity contribution >= 4 is 0 Å². The molecular weight excluding hydrogens is 170 g/mol. The van der Waals surface area contributed by atoms with Gasteiger partial charge in [0.15, 0.2) is 0 Å². The van der Waals surface area contributed by atoms with Gasteiger partial charge in [-0.15, -0.1) is 0 Å². The summed E-state index contributed by atoms with van der Waals surface area (Å²) >= 11 is 0. The van der Waals surface area contributed by atoms with Gasteiger partial charge in [-0.2, -0.15) is 0 Å². The highest BCUT2D eigenvalue weighted by Gasteiger charge is 2.16. The summed E-state index contributed by atoms with van der Waals surface area (Å²) in [4.78, 5) is 0. The summed E-state index contributed by atoms with van der Waals surface area (Å²) in [6.07, 6.45) is 13.0. The van der Waals surface area contributed by atoms with Crippen LogP contribution in [0.15, 0.2) is 0 Å². The van der Waals surface area contributed by atoms with E-state index in [-0.39, 0.29) is 0 Å². The molecule has 0 saturated heterocycles. The molecule has 0 amide bonds. The summed E-state index contributed by atoms with van der Waals surface area (Å²) < 4.78 is 0. The zero-order valence-corrected chi connectivity index (χ0v) is 10.0. The topological polar surface area (TPSA) is 12.0 Å². The van der Waals surface area contributed by atoms with Gasteiger partial charge in [-0.3, -0.25) is 0 Å². The van der Waals surface area contributed by atoms with E-state index < -0.39 is 0 Å². The van der Waals surface area contributed by atoms with Crippen molar-refractivity contribution < 1.29 is 0 Å². The Morgan fingerprint density at radius 1 is 1.14 bits per heavy atom. The van der Waals surface area contributed by atoms with Gasteiger partial charge in [-0.1, -0.05) is 51.9 Å². The number of hydrogen-bond acceptors (Lipinski definition) is 1. The normalized spacial score (nSPS) is 21.9. The zero-order valence-electron chi connectivity index (χ0n) is 10.0. The summed E-state index contributed by atoms with van der Waals surface area (Å²) in [5, 5.41) is 3.47. The number of rotatable bonds is 5. The number of hydrogen-bond donors (Lipinski definition) is 1. The van der Waals surface area contributed by atoms with Crippen LogP contribution in [0, 0.1) is 5.92 Å². The van der Waals surface area contributed by atoms with Crippen molar-refractivity contribution in [3.8, 4) is 0 Å². The monoisotopic (exact) mass is 197 g/mol. The largest absolute Gasteiger partial charge is 0.317 e. The fourth-order valence-electron chi connectivity index (χ4n) is 2.73. The van der Waals surface area contributed by atoms with Crippen LogP contribution in [0.5, 0.6) is 0 Å². The highest BCUT2D eigenvalue weighted by atomic mass is 14.9. The van der Waals surface area contributed by atoms with Gasteiger partial charge >= 0.3 is 0 Å². The first-order valence-electron chi connectivity index (χ1n) is 6.54. The lowest BCUT2D eigenvalue weighted by molar-refractivity contribution is 0.350. The van der Waals surface area contributed by atoms with Crippen LogP contribution >= 0.6 is 0 Å². The second-order valence-corrected chi connectivity index (χ2v) is 4.87. The average molecular weight is 197 g/mol. The van der Waals surface area contributed by atoms with Crippen LogP contribution in [0.2, 0.25) is 0 Å². The molecular formula is C13H27N. The lowest BCUT2D eigenvalue weighted by Crippen LogP contribution is -2.27. The molecule has 0 heterocycles. The Hall–Kier alpha value is -0.0400. The molecule has 0 aromatic rings. The van der Waals surface area contributed by atoms with Gasteiger partial charge in [0.05, 0.1) is 0 Å². The SMILES string of the molecule is CCCC(CC1CCCCCC1)NC. The van der Waals surface area contributed by atoms with Crippen molar-refractivity contribution in [1.82, 2.24) is 5.32 Å².